The monoisotopic (exact) mass is 446 g/mol. The summed E-state index contributed by atoms with van der Waals surface area (Å²) in [5.74, 6) is -1.45. The van der Waals surface area contributed by atoms with Crippen molar-refractivity contribution in [1.82, 2.24) is 5.43 Å². The summed E-state index contributed by atoms with van der Waals surface area (Å²) in [6, 6.07) is 26.5. The SMILES string of the molecule is O=C(c1ccco1)N(NC(=O)C(O)(c1ccccc1)c1ccccc1)c1cccc(Cl)c1. The van der Waals surface area contributed by atoms with Crippen molar-refractivity contribution < 1.29 is 19.1 Å². The molecule has 0 saturated carbocycles. The quantitative estimate of drug-likeness (QED) is 0.441. The molecule has 6 nitrogen and oxygen atoms in total. The van der Waals surface area contributed by atoms with Crippen LogP contribution in [0.15, 0.2) is 108 Å². The van der Waals surface area contributed by atoms with Gasteiger partial charge in [-0.2, -0.15) is 0 Å². The molecule has 7 heteroatoms. The first kappa shape index (κ1) is 21.4. The first-order valence-electron chi connectivity index (χ1n) is 9.78. The molecule has 4 aromatic rings. The summed E-state index contributed by atoms with van der Waals surface area (Å²) in [5.41, 5.74) is 1.49. The number of aliphatic hydroxyl groups is 1. The fourth-order valence-electron chi connectivity index (χ4n) is 3.33. The molecule has 0 atom stereocenters. The average Bonchev–Trinajstić information content (AvgIpc) is 3.37. The van der Waals surface area contributed by atoms with Crippen molar-refractivity contribution >= 4 is 29.1 Å². The Morgan fingerprint density at radius 3 is 2.00 bits per heavy atom. The zero-order valence-corrected chi connectivity index (χ0v) is 17.6. The highest BCUT2D eigenvalue weighted by atomic mass is 35.5. The second kappa shape index (κ2) is 9.09. The number of furan rings is 1. The van der Waals surface area contributed by atoms with Crippen LogP contribution in [0.25, 0.3) is 0 Å². The normalized spacial score (nSPS) is 11.1. The molecule has 1 heterocycles. The van der Waals surface area contributed by atoms with Gasteiger partial charge in [0.2, 0.25) is 0 Å². The molecule has 0 spiro atoms. The van der Waals surface area contributed by atoms with Gasteiger partial charge in [0.25, 0.3) is 5.91 Å². The molecule has 2 N–H and O–H groups in total. The van der Waals surface area contributed by atoms with Gasteiger partial charge in [0.1, 0.15) is 0 Å². The molecular weight excluding hydrogens is 428 g/mol. The number of hydrogen-bond acceptors (Lipinski definition) is 4. The van der Waals surface area contributed by atoms with Crippen LogP contribution in [0.1, 0.15) is 21.7 Å². The minimum absolute atomic E-state index is 0.00763. The van der Waals surface area contributed by atoms with Crippen LogP contribution in [0.5, 0.6) is 0 Å². The Bertz CT molecular complexity index is 1170. The van der Waals surface area contributed by atoms with Gasteiger partial charge in [0, 0.05) is 5.02 Å². The third-order valence-electron chi connectivity index (χ3n) is 4.93. The number of halogens is 1. The summed E-state index contributed by atoms with van der Waals surface area (Å²) in [5, 5.41) is 13.1. The van der Waals surface area contributed by atoms with Crippen LogP contribution in [0.4, 0.5) is 5.69 Å². The van der Waals surface area contributed by atoms with Crippen molar-refractivity contribution in [3.63, 3.8) is 0 Å². The van der Waals surface area contributed by atoms with Crippen LogP contribution in [-0.4, -0.2) is 16.9 Å². The number of carbonyl (C=O) groups excluding carboxylic acids is 2. The van der Waals surface area contributed by atoms with Crippen molar-refractivity contribution in [3.05, 3.63) is 125 Å². The van der Waals surface area contributed by atoms with Gasteiger partial charge in [-0.1, -0.05) is 78.3 Å². The van der Waals surface area contributed by atoms with Crippen molar-refractivity contribution in [1.29, 1.82) is 0 Å². The first-order valence-corrected chi connectivity index (χ1v) is 10.2. The topological polar surface area (TPSA) is 82.8 Å². The predicted octanol–water partition coefficient (Wildman–Crippen LogP) is 4.55. The van der Waals surface area contributed by atoms with E-state index in [-0.39, 0.29) is 5.76 Å². The molecule has 0 saturated heterocycles. The highest BCUT2D eigenvalue weighted by Gasteiger charge is 2.41. The number of nitrogens with one attached hydrogen (secondary N) is 1. The van der Waals surface area contributed by atoms with E-state index in [1.54, 1.807) is 84.9 Å². The maximum atomic E-state index is 13.6. The van der Waals surface area contributed by atoms with E-state index in [2.05, 4.69) is 5.43 Å². The fraction of sp³-hybridized carbons (Fsp3) is 0.0400. The molecule has 0 fully saturated rings. The van der Waals surface area contributed by atoms with Gasteiger partial charge in [-0.05, 0) is 41.5 Å². The number of nitrogens with zero attached hydrogens (tertiary/aromatic N) is 1. The fourth-order valence-corrected chi connectivity index (χ4v) is 3.51. The number of carbonyl (C=O) groups is 2. The molecule has 160 valence electrons. The molecule has 0 aliphatic carbocycles. The van der Waals surface area contributed by atoms with E-state index in [4.69, 9.17) is 16.0 Å². The number of anilines is 1. The largest absolute Gasteiger partial charge is 0.459 e. The molecule has 1 aromatic heterocycles. The third kappa shape index (κ3) is 4.14. The summed E-state index contributed by atoms with van der Waals surface area (Å²) in [6.45, 7) is 0. The number of amides is 2. The molecule has 2 amide bonds. The average molecular weight is 447 g/mol. The van der Waals surface area contributed by atoms with E-state index in [1.165, 1.54) is 18.4 Å². The smallest absolute Gasteiger partial charge is 0.312 e. The van der Waals surface area contributed by atoms with Crippen molar-refractivity contribution in [2.45, 2.75) is 5.60 Å². The van der Waals surface area contributed by atoms with Gasteiger partial charge in [-0.3, -0.25) is 15.0 Å². The number of rotatable bonds is 5. The van der Waals surface area contributed by atoms with Crippen molar-refractivity contribution in [3.8, 4) is 0 Å². The molecule has 4 rings (SSSR count). The Kier molecular flexibility index (Phi) is 6.07. The molecule has 0 radical (unpaired) electrons. The van der Waals surface area contributed by atoms with Crippen LogP contribution in [0.3, 0.4) is 0 Å². The Hall–Kier alpha value is -3.87. The first-order chi connectivity index (χ1) is 15.5. The molecule has 0 bridgehead atoms. The van der Waals surface area contributed by atoms with Crippen LogP contribution in [0, 0.1) is 0 Å². The number of benzene rings is 3. The van der Waals surface area contributed by atoms with E-state index < -0.39 is 17.4 Å². The minimum Gasteiger partial charge on any atom is -0.459 e. The number of hydrogen-bond donors (Lipinski definition) is 2. The molecule has 0 aliphatic heterocycles. The lowest BCUT2D eigenvalue weighted by Gasteiger charge is -2.31. The van der Waals surface area contributed by atoms with E-state index in [0.717, 1.165) is 5.01 Å². The van der Waals surface area contributed by atoms with E-state index in [1.807, 2.05) is 0 Å². The summed E-state index contributed by atoms with van der Waals surface area (Å²) in [6.07, 6.45) is 1.36. The summed E-state index contributed by atoms with van der Waals surface area (Å²) in [4.78, 5) is 26.7. The zero-order chi connectivity index (χ0) is 22.6. The predicted molar refractivity (Wildman–Crippen MR) is 121 cm³/mol. The standard InChI is InChI=1S/C25H19ClN2O4/c26-20-13-7-14-21(17-20)28(23(29)22-15-8-16-32-22)27-24(30)25(31,18-9-3-1-4-10-18)19-11-5-2-6-12-19/h1-17,31H,(H,27,30). The Labute approximate surface area is 189 Å². The Balaban J connectivity index is 1.78. The highest BCUT2D eigenvalue weighted by molar-refractivity contribution is 6.31. The van der Waals surface area contributed by atoms with Crippen LogP contribution >= 0.6 is 11.6 Å². The molecule has 32 heavy (non-hydrogen) atoms. The third-order valence-corrected chi connectivity index (χ3v) is 5.16. The van der Waals surface area contributed by atoms with Gasteiger partial charge in [-0.25, -0.2) is 5.01 Å². The van der Waals surface area contributed by atoms with Crippen LogP contribution in [-0.2, 0) is 10.4 Å². The summed E-state index contributed by atoms with van der Waals surface area (Å²) in [7, 11) is 0. The van der Waals surface area contributed by atoms with Gasteiger partial charge in [0.15, 0.2) is 11.4 Å². The lowest BCUT2D eigenvalue weighted by atomic mass is 9.85. The van der Waals surface area contributed by atoms with Gasteiger partial charge in [0.05, 0.1) is 12.0 Å². The van der Waals surface area contributed by atoms with Gasteiger partial charge >= 0.3 is 5.91 Å². The molecular formula is C25H19ClN2O4. The van der Waals surface area contributed by atoms with Crippen molar-refractivity contribution in [2.75, 3.05) is 5.01 Å². The maximum absolute atomic E-state index is 13.6. The van der Waals surface area contributed by atoms with E-state index in [0.29, 0.717) is 21.8 Å². The van der Waals surface area contributed by atoms with E-state index in [9.17, 15) is 14.7 Å². The lowest BCUT2D eigenvalue weighted by Crippen LogP contribution is -2.54. The van der Waals surface area contributed by atoms with E-state index >= 15 is 0 Å². The minimum atomic E-state index is -2.07. The van der Waals surface area contributed by atoms with Gasteiger partial charge in [-0.15, -0.1) is 0 Å². The van der Waals surface area contributed by atoms with Crippen LogP contribution < -0.4 is 10.4 Å². The lowest BCUT2D eigenvalue weighted by molar-refractivity contribution is -0.136. The molecule has 3 aromatic carbocycles. The second-order valence-corrected chi connectivity index (χ2v) is 7.42. The zero-order valence-electron chi connectivity index (χ0n) is 16.8. The molecule has 0 aliphatic rings. The summed E-state index contributed by atoms with van der Waals surface area (Å²) < 4.78 is 5.23. The Morgan fingerprint density at radius 1 is 0.844 bits per heavy atom. The van der Waals surface area contributed by atoms with Crippen LogP contribution in [0.2, 0.25) is 5.02 Å². The highest BCUT2D eigenvalue weighted by Crippen LogP contribution is 2.31. The number of hydrazine groups is 1. The van der Waals surface area contributed by atoms with Crippen molar-refractivity contribution in [2.24, 2.45) is 0 Å². The van der Waals surface area contributed by atoms with Gasteiger partial charge < -0.3 is 9.52 Å². The summed E-state index contributed by atoms with van der Waals surface area (Å²) >= 11 is 6.11. The second-order valence-electron chi connectivity index (χ2n) is 6.98. The maximum Gasteiger partial charge on any atom is 0.312 e. The Morgan fingerprint density at radius 2 is 1.47 bits per heavy atom. The molecule has 0 unspecified atom stereocenters.